The summed E-state index contributed by atoms with van der Waals surface area (Å²) in [6.07, 6.45) is 1.30. The van der Waals surface area contributed by atoms with Gasteiger partial charge in [-0.05, 0) is 0 Å². The lowest BCUT2D eigenvalue weighted by Gasteiger charge is -2.00. The second kappa shape index (κ2) is 3.17. The Morgan fingerprint density at radius 3 is 2.91 bits per heavy atom. The lowest BCUT2D eigenvalue weighted by molar-refractivity contribution is 0.410. The van der Waals surface area contributed by atoms with Gasteiger partial charge in [0.25, 0.3) is 0 Å². The quantitative estimate of drug-likeness (QED) is 0.630. The molecule has 0 N–H and O–H groups in total. The van der Waals surface area contributed by atoms with Gasteiger partial charge in [0.1, 0.15) is 11.6 Å². The zero-order valence-corrected chi connectivity index (χ0v) is 6.46. The van der Waals surface area contributed by atoms with E-state index in [1.165, 1.54) is 13.3 Å². The van der Waals surface area contributed by atoms with Crippen molar-refractivity contribution in [2.24, 2.45) is 0 Å². The molecule has 0 saturated heterocycles. The maximum atomic E-state index is 8.52. The highest BCUT2D eigenvalue weighted by Gasteiger charge is 2.07. The van der Waals surface area contributed by atoms with E-state index < -0.39 is 0 Å². The Bertz CT molecular complexity index is 307. The highest BCUT2D eigenvalue weighted by atomic mass is 35.5. The van der Waals surface area contributed by atoms with E-state index in [1.54, 1.807) is 0 Å². The minimum atomic E-state index is 0.103. The van der Waals surface area contributed by atoms with Crippen molar-refractivity contribution < 1.29 is 4.74 Å². The average Bonchev–Trinajstić information content (AvgIpc) is 2.04. The van der Waals surface area contributed by atoms with Gasteiger partial charge in [0.15, 0.2) is 10.9 Å². The first kappa shape index (κ1) is 7.76. The van der Waals surface area contributed by atoms with Crippen LogP contribution in [0.4, 0.5) is 0 Å². The minimum Gasteiger partial charge on any atom is -0.492 e. The Balaban J connectivity index is 3.27. The molecule has 0 unspecified atom stereocenters. The Kier molecular flexibility index (Phi) is 2.24. The van der Waals surface area contributed by atoms with Crippen LogP contribution in [0.15, 0.2) is 6.20 Å². The monoisotopic (exact) mass is 169 g/mol. The van der Waals surface area contributed by atoms with Crippen molar-refractivity contribution in [2.75, 3.05) is 7.11 Å². The van der Waals surface area contributed by atoms with Gasteiger partial charge in [-0.3, -0.25) is 0 Å². The van der Waals surface area contributed by atoms with E-state index in [0.717, 1.165) is 0 Å². The fourth-order valence-corrected chi connectivity index (χ4v) is 0.849. The standard InChI is InChI=1S/C6H4ClN3O/c1-11-5-4(2-8)3-9-10-6(5)7/h3H,1H3. The number of rotatable bonds is 1. The summed E-state index contributed by atoms with van der Waals surface area (Å²) in [6, 6.07) is 1.88. The predicted octanol–water partition coefficient (Wildman–Crippen LogP) is 1.01. The maximum absolute atomic E-state index is 8.52. The van der Waals surface area contributed by atoms with E-state index in [4.69, 9.17) is 21.6 Å². The van der Waals surface area contributed by atoms with E-state index in [-0.39, 0.29) is 16.5 Å². The molecule has 0 aliphatic rings. The van der Waals surface area contributed by atoms with E-state index in [9.17, 15) is 0 Å². The number of nitrogens with zero attached hydrogens (tertiary/aromatic N) is 3. The van der Waals surface area contributed by atoms with Crippen LogP contribution in [0.2, 0.25) is 5.15 Å². The van der Waals surface area contributed by atoms with Gasteiger partial charge in [-0.15, -0.1) is 5.10 Å². The third kappa shape index (κ3) is 1.38. The van der Waals surface area contributed by atoms with Gasteiger partial charge in [0.2, 0.25) is 0 Å². The van der Waals surface area contributed by atoms with Crippen LogP contribution in [-0.2, 0) is 0 Å². The van der Waals surface area contributed by atoms with Crippen LogP contribution in [0.3, 0.4) is 0 Å². The van der Waals surface area contributed by atoms with Crippen LogP contribution in [0.25, 0.3) is 0 Å². The first-order chi connectivity index (χ1) is 5.29. The fraction of sp³-hybridized carbons (Fsp3) is 0.167. The van der Waals surface area contributed by atoms with Gasteiger partial charge in [0, 0.05) is 0 Å². The molecule has 0 aromatic carbocycles. The smallest absolute Gasteiger partial charge is 0.195 e. The van der Waals surface area contributed by atoms with Crippen molar-refractivity contribution in [3.63, 3.8) is 0 Å². The molecule has 1 aromatic rings. The van der Waals surface area contributed by atoms with Gasteiger partial charge in [-0.2, -0.15) is 10.4 Å². The highest BCUT2D eigenvalue weighted by Crippen LogP contribution is 2.23. The molecular weight excluding hydrogens is 166 g/mol. The van der Waals surface area contributed by atoms with Crippen molar-refractivity contribution in [1.29, 1.82) is 5.26 Å². The zero-order valence-electron chi connectivity index (χ0n) is 5.71. The summed E-state index contributed by atoms with van der Waals surface area (Å²) in [7, 11) is 1.42. The number of aromatic nitrogens is 2. The van der Waals surface area contributed by atoms with Gasteiger partial charge in [-0.25, -0.2) is 0 Å². The predicted molar refractivity (Wildman–Crippen MR) is 38.3 cm³/mol. The molecule has 0 spiro atoms. The molecule has 56 valence electrons. The molecular formula is C6H4ClN3O. The normalized spacial score (nSPS) is 8.82. The van der Waals surface area contributed by atoms with Crippen LogP contribution < -0.4 is 4.74 Å². The van der Waals surface area contributed by atoms with E-state index >= 15 is 0 Å². The molecule has 1 rings (SSSR count). The fourth-order valence-electron chi connectivity index (χ4n) is 0.626. The van der Waals surface area contributed by atoms with Crippen molar-refractivity contribution in [1.82, 2.24) is 10.2 Å². The molecule has 0 atom stereocenters. The lowest BCUT2D eigenvalue weighted by atomic mass is 10.3. The van der Waals surface area contributed by atoms with Crippen molar-refractivity contribution in [2.45, 2.75) is 0 Å². The lowest BCUT2D eigenvalue weighted by Crippen LogP contribution is -1.93. The molecule has 1 aromatic heterocycles. The summed E-state index contributed by atoms with van der Waals surface area (Å²) in [5.74, 6) is 0.268. The number of hydrogen-bond acceptors (Lipinski definition) is 4. The van der Waals surface area contributed by atoms with Gasteiger partial charge >= 0.3 is 0 Å². The molecule has 11 heavy (non-hydrogen) atoms. The molecule has 5 heteroatoms. The maximum Gasteiger partial charge on any atom is 0.195 e. The first-order valence-electron chi connectivity index (χ1n) is 2.75. The molecule has 1 heterocycles. The van der Waals surface area contributed by atoms with Gasteiger partial charge < -0.3 is 4.74 Å². The Morgan fingerprint density at radius 2 is 2.45 bits per heavy atom. The van der Waals surface area contributed by atoms with Gasteiger partial charge in [0.05, 0.1) is 13.3 Å². The zero-order chi connectivity index (χ0) is 8.27. The van der Waals surface area contributed by atoms with Crippen LogP contribution in [0.5, 0.6) is 5.75 Å². The topological polar surface area (TPSA) is 58.8 Å². The number of hydrogen-bond donors (Lipinski definition) is 0. The van der Waals surface area contributed by atoms with Crippen molar-refractivity contribution in [3.05, 3.63) is 16.9 Å². The molecule has 0 amide bonds. The third-order valence-corrected chi connectivity index (χ3v) is 1.34. The number of halogens is 1. The van der Waals surface area contributed by atoms with Crippen LogP contribution in [0, 0.1) is 11.3 Å². The van der Waals surface area contributed by atoms with Crippen molar-refractivity contribution >= 4 is 11.6 Å². The summed E-state index contributed by atoms with van der Waals surface area (Å²) >= 11 is 5.56. The number of ether oxygens (including phenoxy) is 1. The van der Waals surface area contributed by atoms with Gasteiger partial charge in [-0.1, -0.05) is 11.6 Å². The first-order valence-corrected chi connectivity index (χ1v) is 3.12. The summed E-state index contributed by atoms with van der Waals surface area (Å²) in [4.78, 5) is 0. The molecule has 0 fully saturated rings. The Morgan fingerprint density at radius 1 is 1.73 bits per heavy atom. The summed E-state index contributed by atoms with van der Waals surface area (Å²) in [5.41, 5.74) is 0.285. The summed E-state index contributed by atoms with van der Waals surface area (Å²) < 4.78 is 4.81. The third-order valence-electron chi connectivity index (χ3n) is 1.09. The van der Waals surface area contributed by atoms with E-state index in [0.29, 0.717) is 0 Å². The molecule has 0 aliphatic heterocycles. The summed E-state index contributed by atoms with van der Waals surface area (Å²) in [6.45, 7) is 0. The van der Waals surface area contributed by atoms with Crippen LogP contribution >= 0.6 is 11.6 Å². The second-order valence-electron chi connectivity index (χ2n) is 1.69. The molecule has 0 saturated carbocycles. The highest BCUT2D eigenvalue weighted by molar-refractivity contribution is 6.30. The Hall–Kier alpha value is -1.34. The second-order valence-corrected chi connectivity index (χ2v) is 2.05. The molecule has 0 radical (unpaired) electrons. The number of nitriles is 1. The van der Waals surface area contributed by atoms with Crippen LogP contribution in [-0.4, -0.2) is 17.3 Å². The molecule has 0 aliphatic carbocycles. The minimum absolute atomic E-state index is 0.103. The van der Waals surface area contributed by atoms with Crippen LogP contribution in [0.1, 0.15) is 5.56 Å². The SMILES string of the molecule is COc1c(C#N)cnnc1Cl. The van der Waals surface area contributed by atoms with E-state index in [2.05, 4.69) is 10.2 Å². The molecule has 0 bridgehead atoms. The average molecular weight is 170 g/mol. The molecule has 4 nitrogen and oxygen atoms in total. The largest absolute Gasteiger partial charge is 0.492 e. The van der Waals surface area contributed by atoms with Crippen molar-refractivity contribution in [3.8, 4) is 11.8 Å². The Labute approximate surface area is 68.4 Å². The van der Waals surface area contributed by atoms with E-state index in [1.807, 2.05) is 6.07 Å². The number of methoxy groups -OCH3 is 1. The summed E-state index contributed by atoms with van der Waals surface area (Å²) in [5, 5.41) is 15.6.